The molecule has 6 nitrogen and oxygen atoms in total. The molecule has 1 amide bonds. The number of nitrogens with zero attached hydrogens (tertiary/aromatic N) is 1. The summed E-state index contributed by atoms with van der Waals surface area (Å²) in [4.78, 5) is 18.8. The van der Waals surface area contributed by atoms with E-state index in [2.05, 4.69) is 15.3 Å². The molecule has 1 aromatic heterocycles. The number of nitrogens with one attached hydrogen (secondary N) is 2. The zero-order valence-electron chi connectivity index (χ0n) is 12.2. The van der Waals surface area contributed by atoms with Crippen molar-refractivity contribution in [1.29, 1.82) is 0 Å². The van der Waals surface area contributed by atoms with Crippen molar-refractivity contribution in [2.24, 2.45) is 0 Å². The fourth-order valence-corrected chi connectivity index (χ4v) is 1.84. The molecule has 0 aliphatic carbocycles. The summed E-state index contributed by atoms with van der Waals surface area (Å²) < 4.78 is 10.7. The number of rotatable bonds is 7. The predicted molar refractivity (Wildman–Crippen MR) is 78.5 cm³/mol. The van der Waals surface area contributed by atoms with Gasteiger partial charge in [0, 0.05) is 25.4 Å². The number of ether oxygens (including phenoxy) is 2. The van der Waals surface area contributed by atoms with E-state index >= 15 is 0 Å². The van der Waals surface area contributed by atoms with Gasteiger partial charge in [-0.1, -0.05) is 6.07 Å². The Kier molecular flexibility index (Phi) is 5.20. The first-order valence-corrected chi connectivity index (χ1v) is 6.71. The number of aryl methyl sites for hydroxylation is 1. The van der Waals surface area contributed by atoms with E-state index in [1.54, 1.807) is 25.6 Å². The second-order valence-electron chi connectivity index (χ2n) is 4.58. The molecule has 0 saturated carbocycles. The van der Waals surface area contributed by atoms with Gasteiger partial charge >= 0.3 is 0 Å². The van der Waals surface area contributed by atoms with Crippen LogP contribution in [0.2, 0.25) is 0 Å². The highest BCUT2D eigenvalue weighted by Crippen LogP contribution is 2.27. The Hall–Kier alpha value is -2.50. The molecular weight excluding hydrogens is 270 g/mol. The lowest BCUT2D eigenvalue weighted by Crippen LogP contribution is -2.30. The lowest BCUT2D eigenvalue weighted by Gasteiger charge is -2.11. The minimum Gasteiger partial charge on any atom is -0.493 e. The maximum atomic E-state index is 11.7. The number of amides is 1. The normalized spacial score (nSPS) is 10.2. The zero-order valence-corrected chi connectivity index (χ0v) is 12.2. The molecule has 21 heavy (non-hydrogen) atoms. The number of methoxy groups -OCH3 is 1. The largest absolute Gasteiger partial charge is 0.493 e. The molecule has 1 heterocycles. The highest BCUT2D eigenvalue weighted by molar-refractivity contribution is 5.77. The van der Waals surface area contributed by atoms with Gasteiger partial charge in [0.05, 0.1) is 7.11 Å². The van der Waals surface area contributed by atoms with Gasteiger partial charge in [-0.15, -0.1) is 0 Å². The number of hydrogen-bond donors (Lipinski definition) is 2. The Morgan fingerprint density at radius 1 is 1.38 bits per heavy atom. The van der Waals surface area contributed by atoms with E-state index in [4.69, 9.17) is 9.47 Å². The fraction of sp³-hybridized carbons (Fsp3) is 0.333. The summed E-state index contributed by atoms with van der Waals surface area (Å²) in [6.45, 7) is 2.44. The third-order valence-electron chi connectivity index (χ3n) is 2.92. The van der Waals surface area contributed by atoms with Crippen LogP contribution in [0.3, 0.4) is 0 Å². The molecule has 6 heteroatoms. The fourth-order valence-electron chi connectivity index (χ4n) is 1.84. The van der Waals surface area contributed by atoms with Crippen LogP contribution in [0, 0.1) is 6.92 Å². The summed E-state index contributed by atoms with van der Waals surface area (Å²) in [5, 5.41) is 2.78. The molecule has 0 radical (unpaired) electrons. The van der Waals surface area contributed by atoms with Crippen LogP contribution in [0.25, 0.3) is 0 Å². The van der Waals surface area contributed by atoms with Gasteiger partial charge in [-0.3, -0.25) is 4.79 Å². The van der Waals surface area contributed by atoms with Gasteiger partial charge in [-0.2, -0.15) is 0 Å². The molecule has 2 rings (SSSR count). The SMILES string of the molecule is COc1cc(C)ccc1OCC(=O)NCCc1ncc[nH]1. The van der Waals surface area contributed by atoms with E-state index in [1.807, 2.05) is 19.1 Å². The summed E-state index contributed by atoms with van der Waals surface area (Å²) in [5.74, 6) is 1.85. The molecule has 0 aliphatic heterocycles. The molecule has 2 N–H and O–H groups in total. The van der Waals surface area contributed by atoms with Crippen LogP contribution >= 0.6 is 0 Å². The monoisotopic (exact) mass is 289 g/mol. The van der Waals surface area contributed by atoms with Crippen LogP contribution in [0.1, 0.15) is 11.4 Å². The smallest absolute Gasteiger partial charge is 0.257 e. The van der Waals surface area contributed by atoms with E-state index in [9.17, 15) is 4.79 Å². The van der Waals surface area contributed by atoms with Gasteiger partial charge in [0.15, 0.2) is 18.1 Å². The first-order chi connectivity index (χ1) is 10.2. The summed E-state index contributed by atoms with van der Waals surface area (Å²) in [7, 11) is 1.57. The highest BCUT2D eigenvalue weighted by atomic mass is 16.5. The Morgan fingerprint density at radius 2 is 2.24 bits per heavy atom. The van der Waals surface area contributed by atoms with Crippen molar-refractivity contribution in [2.75, 3.05) is 20.3 Å². The molecule has 0 atom stereocenters. The molecular formula is C15H19N3O3. The third kappa shape index (κ3) is 4.52. The standard InChI is InChI=1S/C15H19N3O3/c1-11-3-4-12(13(9-11)20-2)21-10-15(19)18-6-5-14-16-7-8-17-14/h3-4,7-9H,5-6,10H2,1-2H3,(H,16,17)(H,18,19). The number of H-pyrrole nitrogens is 1. The molecule has 2 aromatic rings. The Balaban J connectivity index is 1.76. The Morgan fingerprint density at radius 3 is 2.95 bits per heavy atom. The van der Waals surface area contributed by atoms with Crippen LogP contribution in [-0.4, -0.2) is 36.1 Å². The van der Waals surface area contributed by atoms with Gasteiger partial charge in [-0.05, 0) is 24.6 Å². The quantitative estimate of drug-likeness (QED) is 0.809. The van der Waals surface area contributed by atoms with E-state index in [-0.39, 0.29) is 12.5 Å². The summed E-state index contributed by atoms with van der Waals surface area (Å²) in [6.07, 6.45) is 4.10. The van der Waals surface area contributed by atoms with E-state index in [0.29, 0.717) is 24.5 Å². The number of carbonyl (C=O) groups excluding carboxylic acids is 1. The second kappa shape index (κ2) is 7.33. The zero-order chi connectivity index (χ0) is 15.1. The number of aromatic nitrogens is 2. The summed E-state index contributed by atoms with van der Waals surface area (Å²) >= 11 is 0. The van der Waals surface area contributed by atoms with E-state index in [0.717, 1.165) is 11.4 Å². The van der Waals surface area contributed by atoms with Gasteiger partial charge in [-0.25, -0.2) is 4.98 Å². The molecule has 0 fully saturated rings. The maximum Gasteiger partial charge on any atom is 0.257 e. The topological polar surface area (TPSA) is 76.2 Å². The summed E-state index contributed by atoms with van der Waals surface area (Å²) in [5.41, 5.74) is 1.07. The number of benzene rings is 1. The molecule has 0 spiro atoms. The van der Waals surface area contributed by atoms with Gasteiger partial charge in [0.2, 0.25) is 0 Å². The van der Waals surface area contributed by atoms with Gasteiger partial charge in [0.1, 0.15) is 5.82 Å². The van der Waals surface area contributed by atoms with Crippen molar-refractivity contribution in [2.45, 2.75) is 13.3 Å². The molecule has 1 aromatic carbocycles. The molecule has 112 valence electrons. The summed E-state index contributed by atoms with van der Waals surface area (Å²) in [6, 6.07) is 5.57. The molecule has 0 saturated heterocycles. The van der Waals surface area contributed by atoms with Crippen molar-refractivity contribution >= 4 is 5.91 Å². The lowest BCUT2D eigenvalue weighted by molar-refractivity contribution is -0.123. The van der Waals surface area contributed by atoms with Gasteiger partial charge in [0.25, 0.3) is 5.91 Å². The van der Waals surface area contributed by atoms with Crippen LogP contribution in [0.4, 0.5) is 0 Å². The van der Waals surface area contributed by atoms with Crippen LogP contribution in [0.15, 0.2) is 30.6 Å². The number of hydrogen-bond acceptors (Lipinski definition) is 4. The minimum atomic E-state index is -0.177. The molecule has 0 bridgehead atoms. The maximum absolute atomic E-state index is 11.7. The van der Waals surface area contributed by atoms with Crippen molar-refractivity contribution in [3.8, 4) is 11.5 Å². The van der Waals surface area contributed by atoms with Crippen LogP contribution < -0.4 is 14.8 Å². The van der Waals surface area contributed by atoms with Crippen LogP contribution in [0.5, 0.6) is 11.5 Å². The highest BCUT2D eigenvalue weighted by Gasteiger charge is 2.07. The number of carbonyl (C=O) groups is 1. The van der Waals surface area contributed by atoms with E-state index in [1.165, 1.54) is 0 Å². The molecule has 0 aliphatic rings. The van der Waals surface area contributed by atoms with Crippen LogP contribution in [-0.2, 0) is 11.2 Å². The second-order valence-corrected chi connectivity index (χ2v) is 4.58. The molecule has 0 unspecified atom stereocenters. The van der Waals surface area contributed by atoms with Crippen molar-refractivity contribution < 1.29 is 14.3 Å². The number of aromatic amines is 1. The lowest BCUT2D eigenvalue weighted by atomic mass is 10.2. The van der Waals surface area contributed by atoms with Crippen molar-refractivity contribution in [3.63, 3.8) is 0 Å². The van der Waals surface area contributed by atoms with Crippen molar-refractivity contribution in [1.82, 2.24) is 15.3 Å². The third-order valence-corrected chi connectivity index (χ3v) is 2.92. The van der Waals surface area contributed by atoms with Crippen molar-refractivity contribution in [3.05, 3.63) is 42.0 Å². The average Bonchev–Trinajstić information content (AvgIpc) is 2.99. The Labute approximate surface area is 123 Å². The minimum absolute atomic E-state index is 0.0441. The average molecular weight is 289 g/mol. The Bertz CT molecular complexity index is 582. The first-order valence-electron chi connectivity index (χ1n) is 6.71. The van der Waals surface area contributed by atoms with E-state index < -0.39 is 0 Å². The predicted octanol–water partition coefficient (Wildman–Crippen LogP) is 1.46. The van der Waals surface area contributed by atoms with Gasteiger partial charge < -0.3 is 19.8 Å². The number of imidazole rings is 1. The first kappa shape index (κ1) is 14.9.